The SMILES string of the molecule is CS(=O)(=O)c1cncc(CCc2cc(OF)c(Cl)cc2C=O)c1. The quantitative estimate of drug-likeness (QED) is 0.743. The van der Waals surface area contributed by atoms with E-state index in [9.17, 15) is 17.7 Å². The second-order valence-electron chi connectivity index (χ2n) is 4.98. The number of nitrogens with zero attached hydrogens (tertiary/aromatic N) is 1. The molecule has 5 nitrogen and oxygen atoms in total. The zero-order chi connectivity index (χ0) is 17.0. The normalized spacial score (nSPS) is 11.3. The van der Waals surface area contributed by atoms with Crippen molar-refractivity contribution >= 4 is 27.7 Å². The van der Waals surface area contributed by atoms with E-state index >= 15 is 0 Å². The van der Waals surface area contributed by atoms with E-state index in [1.54, 1.807) is 0 Å². The van der Waals surface area contributed by atoms with Crippen molar-refractivity contribution in [2.75, 3.05) is 6.26 Å². The summed E-state index contributed by atoms with van der Waals surface area (Å²) in [7, 11) is -3.34. The molecule has 2 rings (SSSR count). The highest BCUT2D eigenvalue weighted by Gasteiger charge is 2.12. The van der Waals surface area contributed by atoms with Crippen LogP contribution in [0.15, 0.2) is 35.5 Å². The lowest BCUT2D eigenvalue weighted by Gasteiger charge is -2.08. The summed E-state index contributed by atoms with van der Waals surface area (Å²) >= 11 is 5.77. The van der Waals surface area contributed by atoms with Gasteiger partial charge in [0, 0.05) is 28.7 Å². The Balaban J connectivity index is 2.26. The van der Waals surface area contributed by atoms with Gasteiger partial charge in [0.2, 0.25) is 0 Å². The third kappa shape index (κ3) is 4.27. The van der Waals surface area contributed by atoms with E-state index in [4.69, 9.17) is 11.6 Å². The number of halogens is 2. The fraction of sp³-hybridized carbons (Fsp3) is 0.200. The molecule has 0 unspecified atom stereocenters. The van der Waals surface area contributed by atoms with Crippen molar-refractivity contribution in [3.63, 3.8) is 0 Å². The van der Waals surface area contributed by atoms with Gasteiger partial charge in [-0.05, 0) is 42.2 Å². The molecule has 2 aromatic rings. The number of aldehydes is 1. The predicted molar refractivity (Wildman–Crippen MR) is 83.3 cm³/mol. The van der Waals surface area contributed by atoms with E-state index in [1.165, 1.54) is 30.6 Å². The summed E-state index contributed by atoms with van der Waals surface area (Å²) in [5, 5.41) is -0.000842. The zero-order valence-corrected chi connectivity index (χ0v) is 13.7. The molecule has 122 valence electrons. The highest BCUT2D eigenvalue weighted by Crippen LogP contribution is 2.29. The standard InChI is InChI=1S/C15H13ClFNO4S/c1-23(20,21)13-4-10(7-18-8-13)2-3-11-6-15(22-17)14(16)5-12(11)9-19/h4-9H,2-3H2,1H3. The molecule has 0 atom stereocenters. The van der Waals surface area contributed by atoms with Crippen LogP contribution in [0, 0.1) is 0 Å². The molecule has 0 aliphatic rings. The van der Waals surface area contributed by atoms with Gasteiger partial charge in [0.25, 0.3) is 0 Å². The topological polar surface area (TPSA) is 73.3 Å². The lowest BCUT2D eigenvalue weighted by atomic mass is 10.0. The molecule has 0 spiro atoms. The number of hydrogen-bond acceptors (Lipinski definition) is 5. The van der Waals surface area contributed by atoms with E-state index in [-0.39, 0.29) is 15.7 Å². The summed E-state index contributed by atoms with van der Waals surface area (Å²) in [6, 6.07) is 4.19. The van der Waals surface area contributed by atoms with Gasteiger partial charge in [0.05, 0.1) is 9.92 Å². The maximum Gasteiger partial charge on any atom is 0.190 e. The minimum atomic E-state index is -3.34. The number of carbonyl (C=O) groups excluding carboxylic acids is 1. The summed E-state index contributed by atoms with van der Waals surface area (Å²) in [4.78, 5) is 18.8. The molecule has 0 saturated carbocycles. The smallest absolute Gasteiger partial charge is 0.190 e. The van der Waals surface area contributed by atoms with Crippen LogP contribution in [0.1, 0.15) is 21.5 Å². The summed E-state index contributed by atoms with van der Waals surface area (Å²) < 4.78 is 35.4. The van der Waals surface area contributed by atoms with Crippen LogP contribution in [0.5, 0.6) is 5.75 Å². The summed E-state index contributed by atoms with van der Waals surface area (Å²) in [6.45, 7) is 0. The first kappa shape index (κ1) is 17.4. The molecule has 0 amide bonds. The van der Waals surface area contributed by atoms with Crippen LogP contribution < -0.4 is 4.94 Å². The Hall–Kier alpha value is -1.99. The van der Waals surface area contributed by atoms with Gasteiger partial charge in [-0.2, -0.15) is 0 Å². The Kier molecular flexibility index (Phi) is 5.33. The Morgan fingerprint density at radius 3 is 2.61 bits per heavy atom. The van der Waals surface area contributed by atoms with Crippen LogP contribution in [0.25, 0.3) is 0 Å². The molecule has 0 aliphatic heterocycles. The molecule has 0 N–H and O–H groups in total. The van der Waals surface area contributed by atoms with Gasteiger partial charge >= 0.3 is 0 Å². The Morgan fingerprint density at radius 2 is 2.00 bits per heavy atom. The van der Waals surface area contributed by atoms with Crippen molar-refractivity contribution in [2.24, 2.45) is 0 Å². The van der Waals surface area contributed by atoms with Crippen molar-refractivity contribution < 1.29 is 22.7 Å². The average molecular weight is 358 g/mol. The number of aryl methyl sites for hydroxylation is 2. The van der Waals surface area contributed by atoms with Gasteiger partial charge in [0.15, 0.2) is 15.6 Å². The molecular weight excluding hydrogens is 345 g/mol. The van der Waals surface area contributed by atoms with Gasteiger partial charge in [-0.1, -0.05) is 11.6 Å². The van der Waals surface area contributed by atoms with Crippen molar-refractivity contribution in [1.29, 1.82) is 0 Å². The predicted octanol–water partition coefficient (Wildman–Crippen LogP) is 3.00. The largest absolute Gasteiger partial charge is 0.298 e. The fourth-order valence-electron chi connectivity index (χ4n) is 2.08. The monoisotopic (exact) mass is 357 g/mol. The van der Waals surface area contributed by atoms with Crippen LogP contribution >= 0.6 is 11.6 Å². The van der Waals surface area contributed by atoms with Crippen LogP contribution in [0.3, 0.4) is 0 Å². The number of carbonyl (C=O) groups is 1. The van der Waals surface area contributed by atoms with Gasteiger partial charge < -0.3 is 0 Å². The number of rotatable bonds is 6. The number of hydrogen-bond donors (Lipinski definition) is 0. The van der Waals surface area contributed by atoms with Crippen molar-refractivity contribution in [3.05, 3.63) is 52.3 Å². The molecule has 0 saturated heterocycles. The van der Waals surface area contributed by atoms with E-state index in [1.807, 2.05) is 0 Å². The van der Waals surface area contributed by atoms with Gasteiger partial charge in [-0.15, -0.1) is 0 Å². The molecule has 8 heteroatoms. The van der Waals surface area contributed by atoms with Crippen LogP contribution in [-0.4, -0.2) is 25.9 Å². The summed E-state index contributed by atoms with van der Waals surface area (Å²) in [5.41, 5.74) is 1.55. The van der Waals surface area contributed by atoms with Crippen molar-refractivity contribution in [1.82, 2.24) is 4.98 Å². The Morgan fingerprint density at radius 1 is 1.26 bits per heavy atom. The maximum absolute atomic E-state index is 12.4. The van der Waals surface area contributed by atoms with Gasteiger partial charge in [-0.3, -0.25) is 14.7 Å². The zero-order valence-electron chi connectivity index (χ0n) is 12.1. The first-order valence-corrected chi connectivity index (χ1v) is 8.82. The molecule has 0 aliphatic carbocycles. The van der Waals surface area contributed by atoms with Crippen LogP contribution in [0.4, 0.5) is 4.53 Å². The molecule has 0 bridgehead atoms. The molecular formula is C15H13ClFNO4S. The minimum absolute atomic E-state index is 0.000842. The van der Waals surface area contributed by atoms with E-state index < -0.39 is 9.84 Å². The second-order valence-corrected chi connectivity index (χ2v) is 7.40. The van der Waals surface area contributed by atoms with Gasteiger partial charge in [0.1, 0.15) is 6.29 Å². The van der Waals surface area contributed by atoms with E-state index in [0.29, 0.717) is 35.8 Å². The minimum Gasteiger partial charge on any atom is -0.298 e. The molecule has 0 radical (unpaired) electrons. The highest BCUT2D eigenvalue weighted by molar-refractivity contribution is 7.90. The lowest BCUT2D eigenvalue weighted by Crippen LogP contribution is -2.01. The van der Waals surface area contributed by atoms with Crippen molar-refractivity contribution in [2.45, 2.75) is 17.7 Å². The third-order valence-corrected chi connectivity index (χ3v) is 4.66. The molecule has 1 aromatic carbocycles. The van der Waals surface area contributed by atoms with Crippen molar-refractivity contribution in [3.8, 4) is 5.75 Å². The number of pyridine rings is 1. The lowest BCUT2D eigenvalue weighted by molar-refractivity contribution is -0.00616. The third-order valence-electron chi connectivity index (χ3n) is 3.28. The van der Waals surface area contributed by atoms with Gasteiger partial charge in [-0.25, -0.2) is 8.42 Å². The molecule has 1 heterocycles. The number of aromatic nitrogens is 1. The average Bonchev–Trinajstić information content (AvgIpc) is 2.52. The fourth-order valence-corrected chi connectivity index (χ4v) is 2.90. The number of benzene rings is 1. The maximum atomic E-state index is 12.4. The first-order chi connectivity index (χ1) is 10.8. The Bertz CT molecular complexity index is 839. The van der Waals surface area contributed by atoms with E-state index in [2.05, 4.69) is 9.93 Å². The molecule has 0 fully saturated rings. The van der Waals surface area contributed by atoms with Crippen LogP contribution in [-0.2, 0) is 22.7 Å². The molecule has 23 heavy (non-hydrogen) atoms. The Labute approximate surface area is 137 Å². The summed E-state index contributed by atoms with van der Waals surface area (Å²) in [5.74, 6) is -0.171. The molecule has 1 aromatic heterocycles. The first-order valence-electron chi connectivity index (χ1n) is 6.55. The second kappa shape index (κ2) is 7.06. The highest BCUT2D eigenvalue weighted by atomic mass is 35.5. The number of sulfone groups is 1. The van der Waals surface area contributed by atoms with E-state index in [0.717, 1.165) is 6.26 Å². The summed E-state index contributed by atoms with van der Waals surface area (Å²) in [6.07, 6.45) is 5.32. The van der Waals surface area contributed by atoms with Crippen LogP contribution in [0.2, 0.25) is 5.02 Å².